The molecule has 0 bridgehead atoms. The normalized spacial score (nSPS) is 31.3. The number of nitrogens with zero attached hydrogens (tertiary/aromatic N) is 2. The van der Waals surface area contributed by atoms with Crippen LogP contribution in [0.2, 0.25) is 0 Å². The molecule has 1 heterocycles. The van der Waals surface area contributed by atoms with Crippen LogP contribution >= 0.6 is 46.0 Å². The SMILES string of the molecule is CSC1=NC(Cl)C(I)C(C)=N1. The van der Waals surface area contributed by atoms with Gasteiger partial charge in [-0.25, -0.2) is 9.98 Å². The third kappa shape index (κ3) is 2.32. The highest BCUT2D eigenvalue weighted by Crippen LogP contribution is 2.22. The van der Waals surface area contributed by atoms with Gasteiger partial charge in [0, 0.05) is 5.71 Å². The van der Waals surface area contributed by atoms with E-state index in [0.717, 1.165) is 10.9 Å². The van der Waals surface area contributed by atoms with Gasteiger partial charge in [0.05, 0.1) is 3.92 Å². The van der Waals surface area contributed by atoms with E-state index in [1.54, 1.807) is 0 Å². The Kier molecular flexibility index (Phi) is 3.64. The van der Waals surface area contributed by atoms with Crippen LogP contribution in [-0.2, 0) is 0 Å². The summed E-state index contributed by atoms with van der Waals surface area (Å²) in [6.07, 6.45) is 1.95. The number of halogens is 2. The first-order chi connectivity index (χ1) is 5.15. The highest BCUT2D eigenvalue weighted by atomic mass is 127. The van der Waals surface area contributed by atoms with Crippen molar-refractivity contribution in [2.45, 2.75) is 16.3 Å². The first-order valence-corrected chi connectivity index (χ1v) is 6.01. The molecule has 1 aliphatic heterocycles. The molecule has 0 N–H and O–H groups in total. The van der Waals surface area contributed by atoms with Crippen molar-refractivity contribution in [2.24, 2.45) is 9.98 Å². The van der Waals surface area contributed by atoms with Gasteiger partial charge in [-0.3, -0.25) is 0 Å². The molecule has 2 nitrogen and oxygen atoms in total. The third-order valence-corrected chi connectivity index (χ3v) is 4.25. The predicted molar refractivity (Wildman–Crippen MR) is 61.5 cm³/mol. The summed E-state index contributed by atoms with van der Waals surface area (Å²) in [5.74, 6) is 0. The minimum absolute atomic E-state index is 0.143. The molecule has 5 heteroatoms. The average molecular weight is 303 g/mol. The molecule has 2 atom stereocenters. The van der Waals surface area contributed by atoms with Gasteiger partial charge >= 0.3 is 0 Å². The summed E-state index contributed by atoms with van der Waals surface area (Å²) in [7, 11) is 0. The highest BCUT2D eigenvalue weighted by molar-refractivity contribution is 14.1. The number of amidine groups is 1. The lowest BCUT2D eigenvalue weighted by molar-refractivity contribution is 0.971. The van der Waals surface area contributed by atoms with Gasteiger partial charge in [0.1, 0.15) is 5.50 Å². The zero-order chi connectivity index (χ0) is 8.43. The molecule has 0 spiro atoms. The summed E-state index contributed by atoms with van der Waals surface area (Å²) in [6.45, 7) is 1.98. The molecule has 0 saturated heterocycles. The van der Waals surface area contributed by atoms with Gasteiger partial charge in [-0.15, -0.1) is 0 Å². The lowest BCUT2D eigenvalue weighted by atomic mass is 10.3. The van der Waals surface area contributed by atoms with Gasteiger partial charge in [0.15, 0.2) is 5.17 Å². The summed E-state index contributed by atoms with van der Waals surface area (Å²) >= 11 is 9.73. The molecule has 0 radical (unpaired) electrons. The maximum absolute atomic E-state index is 5.95. The minimum atomic E-state index is -0.143. The lowest BCUT2D eigenvalue weighted by Gasteiger charge is -2.17. The van der Waals surface area contributed by atoms with Crippen LogP contribution in [0.5, 0.6) is 0 Å². The Bertz CT molecular complexity index is 217. The van der Waals surface area contributed by atoms with Crippen molar-refractivity contribution in [3.8, 4) is 0 Å². The number of hydrogen-bond acceptors (Lipinski definition) is 3. The van der Waals surface area contributed by atoms with Gasteiger partial charge in [-0.2, -0.15) is 0 Å². The summed E-state index contributed by atoms with van der Waals surface area (Å²) in [5.41, 5.74) is 0.917. The first kappa shape index (κ1) is 9.80. The average Bonchev–Trinajstić information content (AvgIpc) is 1.99. The molecule has 0 aliphatic carbocycles. The molecule has 11 heavy (non-hydrogen) atoms. The number of alkyl halides is 2. The lowest BCUT2D eigenvalue weighted by Crippen LogP contribution is -2.26. The van der Waals surface area contributed by atoms with E-state index in [-0.39, 0.29) is 9.43 Å². The first-order valence-electron chi connectivity index (χ1n) is 3.10. The molecule has 0 aromatic heterocycles. The monoisotopic (exact) mass is 302 g/mol. The van der Waals surface area contributed by atoms with Crippen molar-refractivity contribution in [3.05, 3.63) is 0 Å². The number of thioether (sulfide) groups is 1. The second kappa shape index (κ2) is 4.09. The van der Waals surface area contributed by atoms with E-state index in [9.17, 15) is 0 Å². The van der Waals surface area contributed by atoms with E-state index in [2.05, 4.69) is 32.6 Å². The van der Waals surface area contributed by atoms with Crippen molar-refractivity contribution in [1.29, 1.82) is 0 Å². The topological polar surface area (TPSA) is 24.7 Å². The Labute approximate surface area is 89.0 Å². The zero-order valence-electron chi connectivity index (χ0n) is 6.21. The smallest absolute Gasteiger partial charge is 0.184 e. The quantitative estimate of drug-likeness (QED) is 0.383. The van der Waals surface area contributed by atoms with Crippen molar-refractivity contribution >= 4 is 56.8 Å². The summed E-state index contributed by atoms with van der Waals surface area (Å²) < 4.78 is 0.241. The molecular weight excluding hydrogens is 295 g/mol. The highest BCUT2D eigenvalue weighted by Gasteiger charge is 2.22. The van der Waals surface area contributed by atoms with E-state index in [0.29, 0.717) is 0 Å². The Hall–Kier alpha value is 0.710. The van der Waals surface area contributed by atoms with Gasteiger partial charge in [0.25, 0.3) is 0 Å². The van der Waals surface area contributed by atoms with Crippen LogP contribution in [0.15, 0.2) is 9.98 Å². The molecule has 0 aromatic carbocycles. The minimum Gasteiger partial charge on any atom is -0.240 e. The van der Waals surface area contributed by atoms with Gasteiger partial charge in [0.2, 0.25) is 0 Å². The van der Waals surface area contributed by atoms with Crippen LogP contribution < -0.4 is 0 Å². The Morgan fingerprint density at radius 1 is 1.64 bits per heavy atom. The molecule has 0 saturated carbocycles. The van der Waals surface area contributed by atoms with Crippen molar-refractivity contribution in [3.63, 3.8) is 0 Å². The van der Waals surface area contributed by atoms with Crippen molar-refractivity contribution in [1.82, 2.24) is 0 Å². The molecule has 0 fully saturated rings. The van der Waals surface area contributed by atoms with Crippen LogP contribution in [0.1, 0.15) is 6.92 Å². The zero-order valence-corrected chi connectivity index (χ0v) is 9.94. The summed E-state index contributed by atoms with van der Waals surface area (Å²) in [4.78, 5) is 8.45. The Morgan fingerprint density at radius 3 is 2.73 bits per heavy atom. The predicted octanol–water partition coefficient (Wildman–Crippen LogP) is 2.55. The van der Waals surface area contributed by atoms with E-state index in [1.165, 1.54) is 11.8 Å². The molecular formula is C6H8ClIN2S. The molecule has 62 valence electrons. The van der Waals surface area contributed by atoms with Crippen LogP contribution in [-0.4, -0.2) is 26.6 Å². The van der Waals surface area contributed by atoms with E-state index < -0.39 is 0 Å². The second-order valence-electron chi connectivity index (χ2n) is 2.14. The van der Waals surface area contributed by atoms with E-state index in [4.69, 9.17) is 11.6 Å². The maximum Gasteiger partial charge on any atom is 0.184 e. The number of hydrogen-bond donors (Lipinski definition) is 0. The standard InChI is InChI=1S/C6H8ClIN2S/c1-3-4(8)5(7)10-6(9-3)11-2/h4-5H,1-2H3. The summed E-state index contributed by atoms with van der Waals surface area (Å²) in [5, 5.41) is 0.787. The van der Waals surface area contributed by atoms with Crippen LogP contribution in [0.4, 0.5) is 0 Å². The molecule has 0 aromatic rings. The van der Waals surface area contributed by atoms with E-state index >= 15 is 0 Å². The van der Waals surface area contributed by atoms with Crippen LogP contribution in [0, 0.1) is 0 Å². The second-order valence-corrected chi connectivity index (χ2v) is 4.71. The van der Waals surface area contributed by atoms with Crippen LogP contribution in [0.25, 0.3) is 0 Å². The van der Waals surface area contributed by atoms with Gasteiger partial charge < -0.3 is 0 Å². The number of aliphatic imine (C=N–C) groups is 2. The van der Waals surface area contributed by atoms with E-state index in [1.807, 2.05) is 13.2 Å². The molecule has 0 amide bonds. The molecule has 1 aliphatic rings. The Morgan fingerprint density at radius 2 is 2.27 bits per heavy atom. The fourth-order valence-corrected chi connectivity index (χ4v) is 1.80. The number of rotatable bonds is 0. The molecule has 1 rings (SSSR count). The molecule has 2 unspecified atom stereocenters. The Balaban J connectivity index is 2.82. The largest absolute Gasteiger partial charge is 0.240 e. The van der Waals surface area contributed by atoms with Gasteiger partial charge in [-0.05, 0) is 13.2 Å². The maximum atomic E-state index is 5.95. The van der Waals surface area contributed by atoms with Gasteiger partial charge in [-0.1, -0.05) is 46.0 Å². The van der Waals surface area contributed by atoms with Crippen molar-refractivity contribution in [2.75, 3.05) is 6.26 Å². The van der Waals surface area contributed by atoms with Crippen molar-refractivity contribution < 1.29 is 0 Å². The van der Waals surface area contributed by atoms with Crippen LogP contribution in [0.3, 0.4) is 0 Å². The fourth-order valence-electron chi connectivity index (χ4n) is 0.710. The summed E-state index contributed by atoms with van der Waals surface area (Å²) in [6, 6.07) is 0. The third-order valence-electron chi connectivity index (χ3n) is 1.33. The fraction of sp³-hybridized carbons (Fsp3) is 0.667.